The Hall–Kier alpha value is -2.17. The molecule has 1 N–H and O–H groups in total. The summed E-state index contributed by atoms with van der Waals surface area (Å²) in [6.45, 7) is 3.77. The second-order valence-electron chi connectivity index (χ2n) is 3.62. The quantitative estimate of drug-likeness (QED) is 0.620. The van der Waals surface area contributed by atoms with Crippen LogP contribution in [0.1, 0.15) is 11.4 Å². The van der Waals surface area contributed by atoms with E-state index in [0.717, 1.165) is 22.5 Å². The number of rotatable bonds is 2. The molecule has 0 aliphatic heterocycles. The van der Waals surface area contributed by atoms with Crippen LogP contribution in [0.5, 0.6) is 0 Å². The van der Waals surface area contributed by atoms with Crippen LogP contribution in [-0.2, 0) is 0 Å². The van der Waals surface area contributed by atoms with Crippen LogP contribution in [0.15, 0.2) is 24.3 Å². The van der Waals surface area contributed by atoms with Gasteiger partial charge < -0.3 is 0 Å². The molecule has 0 aliphatic carbocycles. The number of benzene rings is 1. The van der Waals surface area contributed by atoms with Crippen molar-refractivity contribution in [3.8, 4) is 11.1 Å². The van der Waals surface area contributed by atoms with Crippen molar-refractivity contribution in [1.29, 1.82) is 0 Å². The first-order chi connectivity index (χ1) is 7.59. The minimum Gasteiger partial charge on any atom is -0.282 e. The van der Waals surface area contributed by atoms with E-state index >= 15 is 0 Å². The van der Waals surface area contributed by atoms with Crippen molar-refractivity contribution < 1.29 is 4.92 Å². The number of non-ortho nitro benzene ring substituents is 1. The van der Waals surface area contributed by atoms with Crippen LogP contribution in [0.3, 0.4) is 0 Å². The maximum atomic E-state index is 10.7. The fourth-order valence-corrected chi connectivity index (χ4v) is 1.75. The van der Waals surface area contributed by atoms with Gasteiger partial charge in [0.05, 0.1) is 10.6 Å². The number of nitro benzene ring substituents is 1. The van der Waals surface area contributed by atoms with Crippen molar-refractivity contribution in [3.63, 3.8) is 0 Å². The van der Waals surface area contributed by atoms with Crippen LogP contribution in [0.25, 0.3) is 11.1 Å². The van der Waals surface area contributed by atoms with E-state index in [2.05, 4.69) is 10.2 Å². The third-order valence-electron chi connectivity index (χ3n) is 2.47. The lowest BCUT2D eigenvalue weighted by Gasteiger charge is -2.01. The second kappa shape index (κ2) is 3.77. The lowest BCUT2D eigenvalue weighted by atomic mass is 10.0. The zero-order valence-corrected chi connectivity index (χ0v) is 9.02. The van der Waals surface area contributed by atoms with Gasteiger partial charge in [-0.2, -0.15) is 5.10 Å². The minimum atomic E-state index is -0.395. The molecule has 1 heterocycles. The van der Waals surface area contributed by atoms with E-state index < -0.39 is 4.92 Å². The summed E-state index contributed by atoms with van der Waals surface area (Å²) in [6, 6.07) is 6.57. The van der Waals surface area contributed by atoms with Crippen molar-refractivity contribution in [2.45, 2.75) is 13.8 Å². The Morgan fingerprint density at radius 3 is 2.69 bits per heavy atom. The van der Waals surface area contributed by atoms with Crippen molar-refractivity contribution in [3.05, 3.63) is 45.8 Å². The molecule has 0 fully saturated rings. The van der Waals surface area contributed by atoms with Crippen LogP contribution < -0.4 is 0 Å². The summed E-state index contributed by atoms with van der Waals surface area (Å²) in [5.74, 6) is 0. The van der Waals surface area contributed by atoms with Gasteiger partial charge in [0.25, 0.3) is 5.69 Å². The highest BCUT2D eigenvalue weighted by atomic mass is 16.6. The first-order valence-corrected chi connectivity index (χ1v) is 4.86. The van der Waals surface area contributed by atoms with E-state index in [1.807, 2.05) is 19.9 Å². The van der Waals surface area contributed by atoms with Crippen LogP contribution in [0.2, 0.25) is 0 Å². The van der Waals surface area contributed by atoms with E-state index in [0.29, 0.717) is 0 Å². The zero-order valence-electron chi connectivity index (χ0n) is 9.02. The maximum Gasteiger partial charge on any atom is 0.270 e. The van der Waals surface area contributed by atoms with Gasteiger partial charge in [0.2, 0.25) is 0 Å². The Labute approximate surface area is 92.3 Å². The number of H-pyrrole nitrogens is 1. The second-order valence-corrected chi connectivity index (χ2v) is 3.62. The molecule has 0 spiro atoms. The predicted molar refractivity (Wildman–Crippen MR) is 60.2 cm³/mol. The molecule has 1 aromatic carbocycles. The fourth-order valence-electron chi connectivity index (χ4n) is 1.75. The number of hydrogen-bond donors (Lipinski definition) is 1. The highest BCUT2D eigenvalue weighted by molar-refractivity contribution is 5.70. The summed E-state index contributed by atoms with van der Waals surface area (Å²) in [5, 5.41) is 17.6. The van der Waals surface area contributed by atoms with E-state index in [9.17, 15) is 10.1 Å². The van der Waals surface area contributed by atoms with E-state index in [4.69, 9.17) is 0 Å². The molecule has 2 aromatic rings. The van der Waals surface area contributed by atoms with Gasteiger partial charge in [0, 0.05) is 23.4 Å². The molecule has 82 valence electrons. The average Bonchev–Trinajstić information content (AvgIpc) is 2.59. The van der Waals surface area contributed by atoms with Gasteiger partial charge in [-0.05, 0) is 19.4 Å². The standard InChI is InChI=1S/C11H11N3O2/c1-7-11(8(2)13-12-7)9-4-3-5-10(6-9)14(15)16/h3-6H,1-2H3,(H,12,13). The smallest absolute Gasteiger partial charge is 0.270 e. The molecule has 5 heteroatoms. The summed E-state index contributed by atoms with van der Waals surface area (Å²) >= 11 is 0. The molecule has 0 atom stereocenters. The van der Waals surface area contributed by atoms with E-state index in [1.165, 1.54) is 6.07 Å². The number of nitro groups is 1. The predicted octanol–water partition coefficient (Wildman–Crippen LogP) is 2.60. The lowest BCUT2D eigenvalue weighted by Crippen LogP contribution is -1.89. The molecule has 5 nitrogen and oxygen atoms in total. The average molecular weight is 217 g/mol. The van der Waals surface area contributed by atoms with Gasteiger partial charge in [-0.25, -0.2) is 0 Å². The molecule has 0 saturated heterocycles. The number of nitrogens with one attached hydrogen (secondary N) is 1. The van der Waals surface area contributed by atoms with Crippen LogP contribution >= 0.6 is 0 Å². The summed E-state index contributed by atoms with van der Waals surface area (Å²) < 4.78 is 0. The Morgan fingerprint density at radius 2 is 2.12 bits per heavy atom. The maximum absolute atomic E-state index is 10.7. The molecule has 16 heavy (non-hydrogen) atoms. The minimum absolute atomic E-state index is 0.0949. The third kappa shape index (κ3) is 1.67. The Bertz CT molecular complexity index is 526. The lowest BCUT2D eigenvalue weighted by molar-refractivity contribution is -0.384. The normalized spacial score (nSPS) is 10.4. The van der Waals surface area contributed by atoms with Crippen LogP contribution in [-0.4, -0.2) is 15.1 Å². The van der Waals surface area contributed by atoms with E-state index in [-0.39, 0.29) is 5.69 Å². The molecule has 0 radical (unpaired) electrons. The number of aromatic nitrogens is 2. The van der Waals surface area contributed by atoms with Crippen LogP contribution in [0, 0.1) is 24.0 Å². The van der Waals surface area contributed by atoms with Gasteiger partial charge in [0.15, 0.2) is 0 Å². The first-order valence-electron chi connectivity index (χ1n) is 4.86. The van der Waals surface area contributed by atoms with Crippen molar-refractivity contribution in [1.82, 2.24) is 10.2 Å². The highest BCUT2D eigenvalue weighted by Crippen LogP contribution is 2.27. The highest BCUT2D eigenvalue weighted by Gasteiger charge is 2.12. The van der Waals surface area contributed by atoms with Gasteiger partial charge >= 0.3 is 0 Å². The summed E-state index contributed by atoms with van der Waals surface area (Å²) in [4.78, 5) is 10.3. The molecular weight excluding hydrogens is 206 g/mol. The Balaban J connectivity index is 2.57. The molecule has 2 rings (SSSR count). The van der Waals surface area contributed by atoms with Gasteiger partial charge in [-0.1, -0.05) is 12.1 Å². The number of aryl methyl sites for hydroxylation is 2. The number of nitrogens with zero attached hydrogens (tertiary/aromatic N) is 2. The third-order valence-corrected chi connectivity index (χ3v) is 2.47. The molecule has 0 aliphatic rings. The Morgan fingerprint density at radius 1 is 1.38 bits per heavy atom. The molecule has 0 unspecified atom stereocenters. The first kappa shape index (κ1) is 10.4. The van der Waals surface area contributed by atoms with Gasteiger partial charge in [-0.15, -0.1) is 0 Å². The van der Waals surface area contributed by atoms with Gasteiger partial charge in [-0.3, -0.25) is 15.2 Å². The summed E-state index contributed by atoms with van der Waals surface area (Å²) in [5.41, 5.74) is 3.61. The SMILES string of the molecule is Cc1n[nH]c(C)c1-c1cccc([N+](=O)[O-])c1. The molecule has 1 aromatic heterocycles. The molecular formula is C11H11N3O2. The zero-order chi connectivity index (χ0) is 11.7. The van der Waals surface area contributed by atoms with Crippen molar-refractivity contribution >= 4 is 5.69 Å². The van der Waals surface area contributed by atoms with Gasteiger partial charge in [0.1, 0.15) is 0 Å². The van der Waals surface area contributed by atoms with Crippen molar-refractivity contribution in [2.75, 3.05) is 0 Å². The monoisotopic (exact) mass is 217 g/mol. The Kier molecular flexibility index (Phi) is 2.44. The molecule has 0 bridgehead atoms. The summed E-state index contributed by atoms with van der Waals surface area (Å²) in [6.07, 6.45) is 0. The number of aromatic amines is 1. The summed E-state index contributed by atoms with van der Waals surface area (Å²) in [7, 11) is 0. The molecule has 0 saturated carbocycles. The topological polar surface area (TPSA) is 71.8 Å². The number of hydrogen-bond acceptors (Lipinski definition) is 3. The molecule has 0 amide bonds. The van der Waals surface area contributed by atoms with Crippen molar-refractivity contribution in [2.24, 2.45) is 0 Å². The largest absolute Gasteiger partial charge is 0.282 e. The fraction of sp³-hybridized carbons (Fsp3) is 0.182. The van der Waals surface area contributed by atoms with Crippen LogP contribution in [0.4, 0.5) is 5.69 Å². The van der Waals surface area contributed by atoms with E-state index in [1.54, 1.807) is 12.1 Å².